The van der Waals surface area contributed by atoms with Crippen LogP contribution >= 0.6 is 11.8 Å². The molecule has 33 heavy (non-hydrogen) atoms. The molecule has 0 radical (unpaired) electrons. The zero-order valence-corrected chi connectivity index (χ0v) is 20.2. The Bertz CT molecular complexity index is 1130. The van der Waals surface area contributed by atoms with Crippen molar-refractivity contribution in [3.63, 3.8) is 0 Å². The van der Waals surface area contributed by atoms with Crippen molar-refractivity contribution in [3.05, 3.63) is 60.8 Å². The molecular formula is C26H30N4O2S. The van der Waals surface area contributed by atoms with Crippen LogP contribution in [-0.2, 0) is 9.59 Å². The highest BCUT2D eigenvalue weighted by Gasteiger charge is 2.29. The lowest BCUT2D eigenvalue weighted by Gasteiger charge is -2.38. The summed E-state index contributed by atoms with van der Waals surface area (Å²) in [5.41, 5.74) is 2.46. The monoisotopic (exact) mass is 462 g/mol. The van der Waals surface area contributed by atoms with Gasteiger partial charge in [-0.25, -0.2) is 0 Å². The Morgan fingerprint density at radius 3 is 2.36 bits per heavy atom. The minimum atomic E-state index is -0.343. The van der Waals surface area contributed by atoms with Crippen LogP contribution in [0, 0.1) is 5.41 Å². The molecular weight excluding hydrogens is 432 g/mol. The predicted octanol–water partition coefficient (Wildman–Crippen LogP) is 4.66. The second-order valence-electron chi connectivity index (χ2n) is 9.24. The van der Waals surface area contributed by atoms with E-state index in [0.717, 1.165) is 53.4 Å². The number of amides is 2. The molecule has 2 heterocycles. The first kappa shape index (κ1) is 23.1. The van der Waals surface area contributed by atoms with E-state index in [-0.39, 0.29) is 17.2 Å². The standard InChI is InChI=1S/C26H30N4O2S/c1-26(2,3)25(32)30-16-14-29(15-17-30)21-11-9-20(10-12-21)28-23(31)18-33-22-8-4-6-19-7-5-13-27-24(19)22/h4-13H,14-18H2,1-3H3,(H,28,31). The lowest BCUT2D eigenvalue weighted by atomic mass is 9.94. The fraction of sp³-hybridized carbons (Fsp3) is 0.346. The van der Waals surface area contributed by atoms with E-state index in [1.165, 1.54) is 11.8 Å². The largest absolute Gasteiger partial charge is 0.368 e. The van der Waals surface area contributed by atoms with E-state index >= 15 is 0 Å². The second-order valence-corrected chi connectivity index (χ2v) is 10.3. The lowest BCUT2D eigenvalue weighted by Crippen LogP contribution is -2.51. The van der Waals surface area contributed by atoms with Crippen molar-refractivity contribution < 1.29 is 9.59 Å². The van der Waals surface area contributed by atoms with Gasteiger partial charge < -0.3 is 15.1 Å². The maximum absolute atomic E-state index is 12.5. The summed E-state index contributed by atoms with van der Waals surface area (Å²) >= 11 is 1.49. The predicted molar refractivity (Wildman–Crippen MR) is 136 cm³/mol. The highest BCUT2D eigenvalue weighted by Crippen LogP contribution is 2.27. The summed E-state index contributed by atoms with van der Waals surface area (Å²) in [7, 11) is 0. The first-order valence-corrected chi connectivity index (χ1v) is 12.2. The number of fused-ring (bicyclic) bond motifs is 1. The number of anilines is 2. The second kappa shape index (κ2) is 9.83. The van der Waals surface area contributed by atoms with E-state index in [1.807, 2.05) is 80.3 Å². The van der Waals surface area contributed by atoms with Gasteiger partial charge in [-0.2, -0.15) is 0 Å². The number of carbonyl (C=O) groups excluding carboxylic acids is 2. The number of carbonyl (C=O) groups is 2. The molecule has 1 aromatic heterocycles. The minimum Gasteiger partial charge on any atom is -0.368 e. The molecule has 2 aromatic carbocycles. The van der Waals surface area contributed by atoms with E-state index in [2.05, 4.69) is 15.2 Å². The third-order valence-corrected chi connectivity index (χ3v) is 6.73. The molecule has 3 aromatic rings. The average Bonchev–Trinajstić information content (AvgIpc) is 2.82. The normalized spacial score (nSPS) is 14.4. The van der Waals surface area contributed by atoms with Crippen LogP contribution in [0.4, 0.5) is 11.4 Å². The van der Waals surface area contributed by atoms with Gasteiger partial charge in [-0.1, -0.05) is 39.0 Å². The Hall–Kier alpha value is -3.06. The maximum atomic E-state index is 12.5. The summed E-state index contributed by atoms with van der Waals surface area (Å²) in [5.74, 6) is 0.480. The molecule has 4 rings (SSSR count). The van der Waals surface area contributed by atoms with Crippen molar-refractivity contribution in [1.82, 2.24) is 9.88 Å². The summed E-state index contributed by atoms with van der Waals surface area (Å²) in [4.78, 5) is 34.6. The SMILES string of the molecule is CC(C)(C)C(=O)N1CCN(c2ccc(NC(=O)CSc3cccc4cccnc34)cc2)CC1. The Kier molecular flexibility index (Phi) is 6.88. The van der Waals surface area contributed by atoms with Crippen LogP contribution in [0.2, 0.25) is 0 Å². The number of hydrogen-bond donors (Lipinski definition) is 1. The topological polar surface area (TPSA) is 65.5 Å². The van der Waals surface area contributed by atoms with Crippen LogP contribution in [0.3, 0.4) is 0 Å². The Balaban J connectivity index is 1.29. The summed E-state index contributed by atoms with van der Waals surface area (Å²) in [6.45, 7) is 8.97. The molecule has 1 saturated heterocycles. The van der Waals surface area contributed by atoms with Gasteiger partial charge in [0.15, 0.2) is 0 Å². The van der Waals surface area contributed by atoms with E-state index in [0.29, 0.717) is 5.75 Å². The van der Waals surface area contributed by atoms with Crippen LogP contribution in [0.25, 0.3) is 10.9 Å². The number of aromatic nitrogens is 1. The highest BCUT2D eigenvalue weighted by molar-refractivity contribution is 8.00. The molecule has 7 heteroatoms. The number of benzene rings is 2. The fourth-order valence-electron chi connectivity index (χ4n) is 3.93. The van der Waals surface area contributed by atoms with Crippen LogP contribution in [-0.4, -0.2) is 53.6 Å². The number of nitrogens with one attached hydrogen (secondary N) is 1. The smallest absolute Gasteiger partial charge is 0.234 e. The number of para-hydroxylation sites is 1. The molecule has 172 valence electrons. The van der Waals surface area contributed by atoms with Gasteiger partial charge in [0.05, 0.1) is 11.3 Å². The van der Waals surface area contributed by atoms with Gasteiger partial charge in [0.1, 0.15) is 0 Å². The van der Waals surface area contributed by atoms with Crippen LogP contribution < -0.4 is 10.2 Å². The zero-order valence-electron chi connectivity index (χ0n) is 19.4. The van der Waals surface area contributed by atoms with Crippen molar-refractivity contribution >= 4 is 45.9 Å². The van der Waals surface area contributed by atoms with Crippen LogP contribution in [0.15, 0.2) is 65.7 Å². The number of hydrogen-bond acceptors (Lipinski definition) is 5. The molecule has 1 aliphatic rings. The number of nitrogens with zero attached hydrogens (tertiary/aromatic N) is 3. The first-order chi connectivity index (χ1) is 15.8. The van der Waals surface area contributed by atoms with Crippen molar-refractivity contribution in [2.75, 3.05) is 42.1 Å². The molecule has 1 aliphatic heterocycles. The summed E-state index contributed by atoms with van der Waals surface area (Å²) < 4.78 is 0. The average molecular weight is 463 g/mol. The van der Waals surface area contributed by atoms with Crippen molar-refractivity contribution in [3.8, 4) is 0 Å². The van der Waals surface area contributed by atoms with Gasteiger partial charge in [0.2, 0.25) is 11.8 Å². The van der Waals surface area contributed by atoms with Crippen molar-refractivity contribution in [1.29, 1.82) is 0 Å². The van der Waals surface area contributed by atoms with Crippen molar-refractivity contribution in [2.24, 2.45) is 5.41 Å². The Morgan fingerprint density at radius 2 is 1.67 bits per heavy atom. The number of piperazine rings is 1. The zero-order chi connectivity index (χ0) is 23.4. The number of pyridine rings is 1. The Labute approximate surface area is 199 Å². The number of thioether (sulfide) groups is 1. The third kappa shape index (κ3) is 5.66. The number of rotatable bonds is 5. The Morgan fingerprint density at radius 1 is 0.970 bits per heavy atom. The molecule has 1 N–H and O–H groups in total. The highest BCUT2D eigenvalue weighted by atomic mass is 32.2. The molecule has 2 amide bonds. The minimum absolute atomic E-state index is 0.0463. The molecule has 0 saturated carbocycles. The van der Waals surface area contributed by atoms with Gasteiger partial charge >= 0.3 is 0 Å². The fourth-order valence-corrected chi connectivity index (χ4v) is 4.77. The van der Waals surface area contributed by atoms with Gasteiger partial charge in [-0.15, -0.1) is 11.8 Å². The molecule has 0 atom stereocenters. The summed E-state index contributed by atoms with van der Waals surface area (Å²) in [6, 6.07) is 17.9. The molecule has 0 aliphatic carbocycles. The van der Waals surface area contributed by atoms with E-state index in [4.69, 9.17) is 0 Å². The molecule has 0 bridgehead atoms. The lowest BCUT2D eigenvalue weighted by molar-refractivity contribution is -0.139. The van der Waals surface area contributed by atoms with E-state index in [9.17, 15) is 9.59 Å². The van der Waals surface area contributed by atoms with Crippen LogP contribution in [0.1, 0.15) is 20.8 Å². The van der Waals surface area contributed by atoms with Crippen LogP contribution in [0.5, 0.6) is 0 Å². The van der Waals surface area contributed by atoms with Gasteiger partial charge in [-0.05, 0) is 36.4 Å². The molecule has 0 spiro atoms. The third-order valence-electron chi connectivity index (χ3n) is 5.68. The van der Waals surface area contributed by atoms with Gasteiger partial charge in [0.25, 0.3) is 0 Å². The summed E-state index contributed by atoms with van der Waals surface area (Å²) in [6.07, 6.45) is 1.77. The van der Waals surface area contributed by atoms with Gasteiger partial charge in [-0.3, -0.25) is 14.6 Å². The molecule has 1 fully saturated rings. The molecule has 6 nitrogen and oxygen atoms in total. The first-order valence-electron chi connectivity index (χ1n) is 11.2. The quantitative estimate of drug-likeness (QED) is 0.559. The van der Waals surface area contributed by atoms with Gasteiger partial charge in [0, 0.05) is 59.4 Å². The molecule has 0 unspecified atom stereocenters. The van der Waals surface area contributed by atoms with E-state index in [1.54, 1.807) is 6.20 Å². The maximum Gasteiger partial charge on any atom is 0.234 e. The summed E-state index contributed by atoms with van der Waals surface area (Å²) in [5, 5.41) is 4.05. The van der Waals surface area contributed by atoms with Crippen molar-refractivity contribution in [2.45, 2.75) is 25.7 Å². The van der Waals surface area contributed by atoms with E-state index < -0.39 is 0 Å².